The number of hydrogen-bond acceptors (Lipinski definition) is 3. The number of nitrogens with zero attached hydrogens (tertiary/aromatic N) is 2. The van der Waals surface area contributed by atoms with Crippen LogP contribution in [-0.4, -0.2) is 9.97 Å². The number of aromatic nitrogens is 2. The molecule has 2 N–H and O–H groups in total. The fraction of sp³-hybridized carbons (Fsp3) is 0.375. The average molecular weight is 253 g/mol. The van der Waals surface area contributed by atoms with E-state index in [9.17, 15) is 0 Å². The van der Waals surface area contributed by atoms with Crippen LogP contribution in [0.3, 0.4) is 0 Å². The molecule has 0 spiro atoms. The van der Waals surface area contributed by atoms with Crippen molar-refractivity contribution in [2.45, 2.75) is 38.0 Å². The fourth-order valence-corrected chi connectivity index (χ4v) is 2.79. The van der Waals surface area contributed by atoms with Crippen molar-refractivity contribution in [2.24, 2.45) is 0 Å². The van der Waals surface area contributed by atoms with Gasteiger partial charge in [-0.15, -0.1) is 0 Å². The minimum absolute atomic E-state index is 0.486. The lowest BCUT2D eigenvalue weighted by Crippen LogP contribution is -2.10. The highest BCUT2D eigenvalue weighted by Crippen LogP contribution is 2.32. The van der Waals surface area contributed by atoms with Gasteiger partial charge in [0.15, 0.2) is 0 Å². The van der Waals surface area contributed by atoms with Crippen molar-refractivity contribution in [2.75, 3.05) is 5.73 Å². The monoisotopic (exact) mass is 253 g/mol. The lowest BCUT2D eigenvalue weighted by molar-refractivity contribution is 0.429. The molecule has 1 saturated carbocycles. The molecule has 3 heteroatoms. The van der Waals surface area contributed by atoms with Gasteiger partial charge in [0.05, 0.1) is 5.69 Å². The molecule has 19 heavy (non-hydrogen) atoms. The van der Waals surface area contributed by atoms with Crippen molar-refractivity contribution in [3.05, 3.63) is 42.2 Å². The van der Waals surface area contributed by atoms with Gasteiger partial charge < -0.3 is 5.73 Å². The largest absolute Gasteiger partial charge is 0.384 e. The minimum Gasteiger partial charge on any atom is -0.384 e. The first-order valence-corrected chi connectivity index (χ1v) is 7.03. The summed E-state index contributed by atoms with van der Waals surface area (Å²) in [4.78, 5) is 9.19. The second-order valence-corrected chi connectivity index (χ2v) is 5.24. The van der Waals surface area contributed by atoms with E-state index in [4.69, 9.17) is 10.7 Å². The Kier molecular flexibility index (Phi) is 3.45. The molecule has 1 fully saturated rings. The van der Waals surface area contributed by atoms with Crippen LogP contribution in [0.4, 0.5) is 5.82 Å². The van der Waals surface area contributed by atoms with Crippen LogP contribution in [0.1, 0.15) is 43.8 Å². The average Bonchev–Trinajstić information content (AvgIpc) is 2.48. The molecule has 1 aliphatic rings. The van der Waals surface area contributed by atoms with Crippen LogP contribution in [0.5, 0.6) is 0 Å². The SMILES string of the molecule is Nc1cc(-c2ccccc2)nc(C2CCCCC2)n1. The molecule has 0 atom stereocenters. The molecule has 98 valence electrons. The van der Waals surface area contributed by atoms with Crippen molar-refractivity contribution < 1.29 is 0 Å². The van der Waals surface area contributed by atoms with Crippen LogP contribution in [-0.2, 0) is 0 Å². The van der Waals surface area contributed by atoms with Crippen molar-refractivity contribution in [1.82, 2.24) is 9.97 Å². The van der Waals surface area contributed by atoms with E-state index in [1.54, 1.807) is 0 Å². The highest BCUT2D eigenvalue weighted by Gasteiger charge is 2.19. The maximum Gasteiger partial charge on any atom is 0.134 e. The summed E-state index contributed by atoms with van der Waals surface area (Å²) in [6.45, 7) is 0. The summed E-state index contributed by atoms with van der Waals surface area (Å²) >= 11 is 0. The first kappa shape index (κ1) is 12.2. The number of benzene rings is 1. The molecule has 3 rings (SSSR count). The van der Waals surface area contributed by atoms with Crippen LogP contribution in [0.15, 0.2) is 36.4 Å². The summed E-state index contributed by atoms with van der Waals surface area (Å²) in [5, 5.41) is 0. The first-order valence-electron chi connectivity index (χ1n) is 7.03. The third kappa shape index (κ3) is 2.75. The Hall–Kier alpha value is -1.90. The van der Waals surface area contributed by atoms with Crippen LogP contribution >= 0.6 is 0 Å². The molecule has 0 amide bonds. The Labute approximate surface area is 113 Å². The normalized spacial score (nSPS) is 16.4. The molecule has 1 aromatic carbocycles. The van der Waals surface area contributed by atoms with Gasteiger partial charge in [0.2, 0.25) is 0 Å². The molecular weight excluding hydrogens is 234 g/mol. The predicted octanol–water partition coefficient (Wildman–Crippen LogP) is 3.77. The van der Waals surface area contributed by atoms with Gasteiger partial charge in [0.1, 0.15) is 11.6 Å². The standard InChI is InChI=1S/C16H19N3/c17-15-11-14(12-7-3-1-4-8-12)18-16(19-15)13-9-5-2-6-10-13/h1,3-4,7-8,11,13H,2,5-6,9-10H2,(H2,17,18,19). The Morgan fingerprint density at radius 1 is 0.947 bits per heavy atom. The van der Waals surface area contributed by atoms with Crippen LogP contribution in [0.2, 0.25) is 0 Å². The van der Waals surface area contributed by atoms with Crippen molar-refractivity contribution in [3.63, 3.8) is 0 Å². The second kappa shape index (κ2) is 5.39. The number of nitrogen functional groups attached to an aromatic ring is 1. The molecule has 0 aliphatic heterocycles. The van der Waals surface area contributed by atoms with Crippen LogP contribution in [0.25, 0.3) is 11.3 Å². The van der Waals surface area contributed by atoms with Gasteiger partial charge in [-0.3, -0.25) is 0 Å². The van der Waals surface area contributed by atoms with E-state index in [0.717, 1.165) is 17.1 Å². The molecule has 0 saturated heterocycles. The van der Waals surface area contributed by atoms with E-state index < -0.39 is 0 Å². The Morgan fingerprint density at radius 3 is 2.42 bits per heavy atom. The second-order valence-electron chi connectivity index (χ2n) is 5.24. The zero-order valence-corrected chi connectivity index (χ0v) is 11.0. The molecule has 3 nitrogen and oxygen atoms in total. The molecule has 1 aromatic heterocycles. The summed E-state index contributed by atoms with van der Waals surface area (Å²) in [6.07, 6.45) is 6.28. The molecule has 1 aliphatic carbocycles. The number of rotatable bonds is 2. The van der Waals surface area contributed by atoms with E-state index in [-0.39, 0.29) is 0 Å². The maximum atomic E-state index is 5.95. The third-order valence-corrected chi connectivity index (χ3v) is 3.80. The zero-order chi connectivity index (χ0) is 13.1. The quantitative estimate of drug-likeness (QED) is 0.886. The lowest BCUT2D eigenvalue weighted by Gasteiger charge is -2.20. The Morgan fingerprint density at radius 2 is 1.68 bits per heavy atom. The number of hydrogen-bond donors (Lipinski definition) is 1. The van der Waals surface area contributed by atoms with Crippen molar-refractivity contribution in [1.29, 1.82) is 0 Å². The maximum absolute atomic E-state index is 5.95. The highest BCUT2D eigenvalue weighted by atomic mass is 15.0. The molecule has 1 heterocycles. The van der Waals surface area contributed by atoms with Gasteiger partial charge in [0.25, 0.3) is 0 Å². The van der Waals surface area contributed by atoms with Gasteiger partial charge in [-0.1, -0.05) is 49.6 Å². The van der Waals surface area contributed by atoms with Crippen molar-refractivity contribution in [3.8, 4) is 11.3 Å². The predicted molar refractivity (Wildman–Crippen MR) is 77.7 cm³/mol. The van der Waals surface area contributed by atoms with E-state index >= 15 is 0 Å². The zero-order valence-electron chi connectivity index (χ0n) is 11.0. The van der Waals surface area contributed by atoms with E-state index in [0.29, 0.717) is 11.7 Å². The molecular formula is C16H19N3. The minimum atomic E-state index is 0.486. The third-order valence-electron chi connectivity index (χ3n) is 3.80. The van der Waals surface area contributed by atoms with Gasteiger partial charge in [-0.05, 0) is 12.8 Å². The van der Waals surface area contributed by atoms with Crippen LogP contribution < -0.4 is 5.73 Å². The number of nitrogens with two attached hydrogens (primary N) is 1. The summed E-state index contributed by atoms with van der Waals surface area (Å²) in [5.74, 6) is 1.99. The summed E-state index contributed by atoms with van der Waals surface area (Å²) in [7, 11) is 0. The first-order chi connectivity index (χ1) is 9.33. The van der Waals surface area contributed by atoms with Gasteiger partial charge in [-0.25, -0.2) is 9.97 Å². The Bertz CT molecular complexity index is 545. The topological polar surface area (TPSA) is 51.8 Å². The highest BCUT2D eigenvalue weighted by molar-refractivity contribution is 5.61. The lowest BCUT2D eigenvalue weighted by atomic mass is 9.88. The van der Waals surface area contributed by atoms with Gasteiger partial charge in [-0.2, -0.15) is 0 Å². The van der Waals surface area contributed by atoms with Crippen molar-refractivity contribution >= 4 is 5.82 Å². The molecule has 0 bridgehead atoms. The van der Waals surface area contributed by atoms with E-state index in [1.165, 1.54) is 32.1 Å². The Balaban J connectivity index is 1.96. The van der Waals surface area contributed by atoms with Gasteiger partial charge >= 0.3 is 0 Å². The molecule has 0 unspecified atom stereocenters. The van der Waals surface area contributed by atoms with Gasteiger partial charge in [0, 0.05) is 17.5 Å². The van der Waals surface area contributed by atoms with E-state index in [1.807, 2.05) is 24.3 Å². The van der Waals surface area contributed by atoms with E-state index in [2.05, 4.69) is 17.1 Å². The molecule has 2 aromatic rings. The number of anilines is 1. The summed E-state index contributed by atoms with van der Waals surface area (Å²) < 4.78 is 0. The molecule has 0 radical (unpaired) electrons. The van der Waals surface area contributed by atoms with Crippen LogP contribution in [0, 0.1) is 0 Å². The summed E-state index contributed by atoms with van der Waals surface area (Å²) in [6, 6.07) is 12.0. The fourth-order valence-electron chi connectivity index (χ4n) is 2.79. The summed E-state index contributed by atoms with van der Waals surface area (Å²) in [5.41, 5.74) is 8.00. The smallest absolute Gasteiger partial charge is 0.134 e.